The second-order valence-electron chi connectivity index (χ2n) is 5.43. The highest BCUT2D eigenvalue weighted by atomic mass is 15.3. The van der Waals surface area contributed by atoms with Crippen LogP contribution in [0, 0.1) is 5.92 Å². The smallest absolute Gasteiger partial charge is 0.0113 e. The molecule has 3 atom stereocenters. The predicted molar refractivity (Wildman–Crippen MR) is 70.6 cm³/mol. The van der Waals surface area contributed by atoms with Gasteiger partial charge in [0.25, 0.3) is 0 Å². The van der Waals surface area contributed by atoms with E-state index in [-0.39, 0.29) is 0 Å². The maximum Gasteiger partial charge on any atom is 0.0113 e. The van der Waals surface area contributed by atoms with Gasteiger partial charge in [0.05, 0.1) is 0 Å². The van der Waals surface area contributed by atoms with E-state index in [1.165, 1.54) is 32.6 Å². The van der Waals surface area contributed by atoms with Gasteiger partial charge in [-0.3, -0.25) is 4.90 Å². The topological polar surface area (TPSA) is 32.5 Å². The molecule has 0 saturated carbocycles. The average Bonchev–Trinajstić information content (AvgIpc) is 2.28. The highest BCUT2D eigenvalue weighted by Gasteiger charge is 2.21. The minimum Gasteiger partial charge on any atom is -0.328 e. The molecule has 0 aromatic rings. The molecule has 3 unspecified atom stereocenters. The summed E-state index contributed by atoms with van der Waals surface area (Å²) in [4.78, 5) is 5.17. The first-order valence-electron chi connectivity index (χ1n) is 6.76. The molecule has 0 bridgehead atoms. The van der Waals surface area contributed by atoms with E-state index in [9.17, 15) is 0 Å². The van der Waals surface area contributed by atoms with Crippen LogP contribution in [0.25, 0.3) is 0 Å². The molecule has 1 rings (SSSR count). The first-order chi connectivity index (χ1) is 7.54. The van der Waals surface area contributed by atoms with Gasteiger partial charge in [0.2, 0.25) is 0 Å². The van der Waals surface area contributed by atoms with Crippen molar-refractivity contribution in [3.8, 4) is 0 Å². The Labute approximate surface area is 101 Å². The predicted octanol–water partition coefficient (Wildman–Crippen LogP) is 1.39. The zero-order valence-electron chi connectivity index (χ0n) is 11.4. The molecular formula is C13H29N3. The van der Waals surface area contributed by atoms with E-state index in [0.717, 1.165) is 12.6 Å². The molecule has 0 aliphatic carbocycles. The molecule has 0 spiro atoms. The van der Waals surface area contributed by atoms with Crippen molar-refractivity contribution in [2.75, 3.05) is 32.7 Å². The van der Waals surface area contributed by atoms with Crippen LogP contribution in [0.3, 0.4) is 0 Å². The molecule has 0 radical (unpaired) electrons. The van der Waals surface area contributed by atoms with Crippen LogP contribution in [0.15, 0.2) is 0 Å². The summed E-state index contributed by atoms with van der Waals surface area (Å²) < 4.78 is 0. The van der Waals surface area contributed by atoms with E-state index in [0.29, 0.717) is 12.0 Å². The molecule has 1 aliphatic rings. The number of hydrogen-bond acceptors (Lipinski definition) is 3. The van der Waals surface area contributed by atoms with Crippen molar-refractivity contribution in [3.63, 3.8) is 0 Å². The first-order valence-corrected chi connectivity index (χ1v) is 6.76. The third-order valence-electron chi connectivity index (χ3n) is 4.06. The van der Waals surface area contributed by atoms with Crippen molar-refractivity contribution in [1.29, 1.82) is 0 Å². The second-order valence-corrected chi connectivity index (χ2v) is 5.43. The van der Waals surface area contributed by atoms with Gasteiger partial charge < -0.3 is 10.6 Å². The van der Waals surface area contributed by atoms with Gasteiger partial charge in [0.1, 0.15) is 0 Å². The van der Waals surface area contributed by atoms with Crippen molar-refractivity contribution < 1.29 is 0 Å². The van der Waals surface area contributed by atoms with Crippen molar-refractivity contribution in [3.05, 3.63) is 0 Å². The standard InChI is InChI=1S/C13H29N3/c1-5-12(3)16-8-6-15(7-9-16)10-11(2)13(4)14/h11-13H,5-10,14H2,1-4H3. The van der Waals surface area contributed by atoms with Crippen LogP contribution in [0.4, 0.5) is 0 Å². The summed E-state index contributed by atoms with van der Waals surface area (Å²) in [6.07, 6.45) is 1.26. The van der Waals surface area contributed by atoms with E-state index < -0.39 is 0 Å². The van der Waals surface area contributed by atoms with Crippen molar-refractivity contribution in [2.24, 2.45) is 11.7 Å². The molecule has 96 valence electrons. The maximum absolute atomic E-state index is 5.91. The second kappa shape index (κ2) is 6.58. The molecule has 1 aliphatic heterocycles. The molecule has 1 saturated heterocycles. The van der Waals surface area contributed by atoms with Gasteiger partial charge in [-0.25, -0.2) is 0 Å². The summed E-state index contributed by atoms with van der Waals surface area (Å²) in [7, 11) is 0. The molecule has 16 heavy (non-hydrogen) atoms. The van der Waals surface area contributed by atoms with Gasteiger partial charge in [-0.2, -0.15) is 0 Å². The molecule has 3 nitrogen and oxygen atoms in total. The normalized spacial score (nSPS) is 25.3. The largest absolute Gasteiger partial charge is 0.328 e. The van der Waals surface area contributed by atoms with Crippen molar-refractivity contribution in [2.45, 2.75) is 46.2 Å². The highest BCUT2D eigenvalue weighted by Crippen LogP contribution is 2.11. The van der Waals surface area contributed by atoms with Crippen molar-refractivity contribution >= 4 is 0 Å². The molecule has 0 amide bonds. The molecule has 2 N–H and O–H groups in total. The summed E-state index contributed by atoms with van der Waals surface area (Å²) in [5, 5.41) is 0. The van der Waals surface area contributed by atoms with Gasteiger partial charge in [-0.05, 0) is 26.2 Å². The van der Waals surface area contributed by atoms with Gasteiger partial charge in [0, 0.05) is 44.8 Å². The maximum atomic E-state index is 5.91. The van der Waals surface area contributed by atoms with E-state index in [1.807, 2.05) is 0 Å². The van der Waals surface area contributed by atoms with Gasteiger partial charge >= 0.3 is 0 Å². The Balaban J connectivity index is 2.27. The van der Waals surface area contributed by atoms with Crippen LogP contribution in [-0.2, 0) is 0 Å². The Morgan fingerprint density at radius 3 is 2.06 bits per heavy atom. The SMILES string of the molecule is CCC(C)N1CCN(CC(C)C(C)N)CC1. The molecule has 1 fully saturated rings. The molecule has 1 heterocycles. The van der Waals surface area contributed by atoms with Crippen molar-refractivity contribution in [1.82, 2.24) is 9.80 Å². The van der Waals surface area contributed by atoms with E-state index in [1.54, 1.807) is 0 Å². The lowest BCUT2D eigenvalue weighted by atomic mass is 10.0. The Bertz CT molecular complexity index is 186. The number of nitrogens with zero attached hydrogens (tertiary/aromatic N) is 2. The lowest BCUT2D eigenvalue weighted by Gasteiger charge is -2.39. The summed E-state index contributed by atoms with van der Waals surface area (Å²) in [6.45, 7) is 15.0. The fourth-order valence-corrected chi connectivity index (χ4v) is 2.22. The fourth-order valence-electron chi connectivity index (χ4n) is 2.22. The number of nitrogens with two attached hydrogens (primary N) is 1. The van der Waals surface area contributed by atoms with Crippen LogP contribution < -0.4 is 5.73 Å². The first kappa shape index (κ1) is 13.9. The van der Waals surface area contributed by atoms with E-state index in [2.05, 4.69) is 37.5 Å². The fraction of sp³-hybridized carbons (Fsp3) is 1.00. The Kier molecular flexibility index (Phi) is 5.73. The van der Waals surface area contributed by atoms with Gasteiger partial charge in [-0.15, -0.1) is 0 Å². The van der Waals surface area contributed by atoms with E-state index in [4.69, 9.17) is 5.73 Å². The molecular weight excluding hydrogens is 198 g/mol. The Morgan fingerprint density at radius 2 is 1.62 bits per heavy atom. The average molecular weight is 227 g/mol. The third-order valence-corrected chi connectivity index (χ3v) is 4.06. The zero-order valence-corrected chi connectivity index (χ0v) is 11.4. The van der Waals surface area contributed by atoms with E-state index >= 15 is 0 Å². The van der Waals surface area contributed by atoms with Crippen LogP contribution in [0.2, 0.25) is 0 Å². The lowest BCUT2D eigenvalue weighted by Crippen LogP contribution is -2.51. The molecule has 0 aromatic carbocycles. The van der Waals surface area contributed by atoms with Crippen LogP contribution in [-0.4, -0.2) is 54.6 Å². The Hall–Kier alpha value is -0.120. The lowest BCUT2D eigenvalue weighted by molar-refractivity contribution is 0.0895. The summed E-state index contributed by atoms with van der Waals surface area (Å²) in [6, 6.07) is 1.06. The highest BCUT2D eigenvalue weighted by molar-refractivity contribution is 4.78. The number of hydrogen-bond donors (Lipinski definition) is 1. The molecule has 0 aromatic heterocycles. The zero-order chi connectivity index (χ0) is 12.1. The Morgan fingerprint density at radius 1 is 1.06 bits per heavy atom. The van der Waals surface area contributed by atoms with Crippen LogP contribution in [0.5, 0.6) is 0 Å². The third kappa shape index (κ3) is 4.04. The quantitative estimate of drug-likeness (QED) is 0.770. The molecule has 3 heteroatoms. The minimum absolute atomic E-state index is 0.313. The monoisotopic (exact) mass is 227 g/mol. The minimum atomic E-state index is 0.313. The number of piperazine rings is 1. The van der Waals surface area contributed by atoms with Crippen LogP contribution >= 0.6 is 0 Å². The summed E-state index contributed by atoms with van der Waals surface area (Å²) in [5.74, 6) is 0.607. The number of rotatable bonds is 5. The summed E-state index contributed by atoms with van der Waals surface area (Å²) >= 11 is 0. The van der Waals surface area contributed by atoms with Crippen LogP contribution in [0.1, 0.15) is 34.1 Å². The van der Waals surface area contributed by atoms with Gasteiger partial charge in [0.15, 0.2) is 0 Å². The summed E-state index contributed by atoms with van der Waals surface area (Å²) in [5.41, 5.74) is 5.91. The van der Waals surface area contributed by atoms with Gasteiger partial charge in [-0.1, -0.05) is 13.8 Å².